The molecule has 2 aromatic rings. The number of carbonyl (C=O) groups is 1. The molecule has 0 radical (unpaired) electrons. The predicted molar refractivity (Wildman–Crippen MR) is 90.7 cm³/mol. The lowest BCUT2D eigenvalue weighted by Crippen LogP contribution is -2.44. The van der Waals surface area contributed by atoms with Gasteiger partial charge in [0.05, 0.1) is 35.5 Å². The second kappa shape index (κ2) is 4.98. The van der Waals surface area contributed by atoms with E-state index in [1.807, 2.05) is 18.5 Å². The van der Waals surface area contributed by atoms with Crippen LogP contribution in [-0.2, 0) is 11.3 Å². The third-order valence-corrected chi connectivity index (χ3v) is 6.49. The van der Waals surface area contributed by atoms with Gasteiger partial charge in [-0.15, -0.1) is 0 Å². The van der Waals surface area contributed by atoms with Gasteiger partial charge in [0.2, 0.25) is 0 Å². The molecule has 6 nitrogen and oxygen atoms in total. The van der Waals surface area contributed by atoms with Gasteiger partial charge >= 0.3 is 6.09 Å². The molecule has 2 saturated carbocycles. The number of nitrogens with zero attached hydrogens (tertiary/aromatic N) is 3. The van der Waals surface area contributed by atoms with Crippen LogP contribution >= 0.6 is 0 Å². The first kappa shape index (κ1) is 14.8. The van der Waals surface area contributed by atoms with Crippen LogP contribution in [0.5, 0.6) is 0 Å². The summed E-state index contributed by atoms with van der Waals surface area (Å²) >= 11 is 0. The number of nitrogens with one attached hydrogen (secondary N) is 1. The monoisotopic (exact) mass is 336 g/mol. The van der Waals surface area contributed by atoms with Crippen LogP contribution in [0.1, 0.15) is 37.7 Å². The molecule has 1 amide bonds. The maximum Gasteiger partial charge on any atom is 0.407 e. The van der Waals surface area contributed by atoms with Crippen LogP contribution < -0.4 is 5.32 Å². The Hall–Kier alpha value is -2.55. The Labute approximate surface area is 145 Å². The molecule has 1 unspecified atom stereocenters. The van der Waals surface area contributed by atoms with E-state index in [1.54, 1.807) is 6.07 Å². The highest BCUT2D eigenvalue weighted by Gasteiger charge is 2.58. The Morgan fingerprint density at radius 1 is 1.36 bits per heavy atom. The van der Waals surface area contributed by atoms with Crippen LogP contribution in [-0.4, -0.2) is 27.8 Å². The van der Waals surface area contributed by atoms with Gasteiger partial charge in [0.25, 0.3) is 0 Å². The molecule has 128 valence electrons. The molecule has 6 heteroatoms. The van der Waals surface area contributed by atoms with Gasteiger partial charge < -0.3 is 14.6 Å². The number of alkyl carbamates (subject to hydrolysis) is 1. The molecule has 1 aromatic heterocycles. The van der Waals surface area contributed by atoms with E-state index >= 15 is 0 Å². The molecule has 3 fully saturated rings. The zero-order valence-electron chi connectivity index (χ0n) is 14.0. The van der Waals surface area contributed by atoms with E-state index in [0.717, 1.165) is 36.8 Å². The lowest BCUT2D eigenvalue weighted by atomic mass is 9.69. The van der Waals surface area contributed by atoms with E-state index in [4.69, 9.17) is 10.00 Å². The van der Waals surface area contributed by atoms with Crippen molar-refractivity contribution in [3.05, 3.63) is 30.1 Å². The first-order valence-electron chi connectivity index (χ1n) is 8.93. The van der Waals surface area contributed by atoms with Crippen molar-refractivity contribution in [3.63, 3.8) is 0 Å². The Bertz CT molecular complexity index is 908. The van der Waals surface area contributed by atoms with Crippen molar-refractivity contribution in [3.8, 4) is 6.07 Å². The van der Waals surface area contributed by atoms with Crippen LogP contribution in [0.3, 0.4) is 0 Å². The molecule has 2 spiro atoms. The van der Waals surface area contributed by atoms with Gasteiger partial charge in [-0.25, -0.2) is 9.78 Å². The SMILES string of the molecule is N#Cc1ccc2ncn(CC3C[C@@]4(CCC35CC5)CNC(=O)O4)c2c1. The van der Waals surface area contributed by atoms with Crippen molar-refractivity contribution in [2.45, 2.75) is 44.2 Å². The smallest absolute Gasteiger partial charge is 0.407 e. The highest BCUT2D eigenvalue weighted by molar-refractivity contribution is 5.77. The molecular formula is C19H20N4O2. The summed E-state index contributed by atoms with van der Waals surface area (Å²) in [5.74, 6) is 0.470. The second-order valence-corrected chi connectivity index (χ2v) is 7.90. The summed E-state index contributed by atoms with van der Waals surface area (Å²) in [6.07, 6.45) is 7.13. The molecule has 2 aliphatic carbocycles. The van der Waals surface area contributed by atoms with Crippen LogP contribution in [0, 0.1) is 22.7 Å². The number of amides is 1. The largest absolute Gasteiger partial charge is 0.441 e. The maximum atomic E-state index is 11.6. The summed E-state index contributed by atoms with van der Waals surface area (Å²) in [5, 5.41) is 12.0. The topological polar surface area (TPSA) is 79.9 Å². The van der Waals surface area contributed by atoms with E-state index in [2.05, 4.69) is 20.9 Å². The van der Waals surface area contributed by atoms with Gasteiger partial charge in [0.15, 0.2) is 0 Å². The summed E-state index contributed by atoms with van der Waals surface area (Å²) in [6, 6.07) is 7.83. The van der Waals surface area contributed by atoms with E-state index in [9.17, 15) is 4.79 Å². The first-order chi connectivity index (χ1) is 12.1. The Kier molecular flexibility index (Phi) is 2.94. The molecule has 2 heterocycles. The predicted octanol–water partition coefficient (Wildman–Crippen LogP) is 2.97. The van der Waals surface area contributed by atoms with Crippen molar-refractivity contribution in [1.82, 2.24) is 14.9 Å². The standard InChI is InChI=1S/C19H20N4O2/c20-9-13-1-2-15-16(7-13)23(12-22-15)10-14-8-19(11-21-17(24)25-19)6-5-18(14)3-4-18/h1-2,7,12,14H,3-6,8,10-11H2,(H,21,24)/t14?,19-/m0/s1. The molecule has 1 aliphatic heterocycles. The van der Waals surface area contributed by atoms with Gasteiger partial charge in [0, 0.05) is 6.54 Å². The minimum atomic E-state index is -0.330. The Morgan fingerprint density at radius 2 is 2.20 bits per heavy atom. The fraction of sp³-hybridized carbons (Fsp3) is 0.526. The molecule has 3 aliphatic rings. The molecule has 0 bridgehead atoms. The quantitative estimate of drug-likeness (QED) is 0.914. The van der Waals surface area contributed by atoms with Gasteiger partial charge in [-0.05, 0) is 61.6 Å². The number of fused-ring (bicyclic) bond motifs is 1. The summed E-state index contributed by atoms with van der Waals surface area (Å²) in [4.78, 5) is 16.1. The summed E-state index contributed by atoms with van der Waals surface area (Å²) in [7, 11) is 0. The van der Waals surface area contributed by atoms with Gasteiger partial charge in [-0.2, -0.15) is 5.26 Å². The number of ether oxygens (including phenoxy) is 1. The van der Waals surface area contributed by atoms with Gasteiger partial charge in [-0.3, -0.25) is 0 Å². The molecular weight excluding hydrogens is 316 g/mol. The number of hydrogen-bond acceptors (Lipinski definition) is 4. The summed E-state index contributed by atoms with van der Waals surface area (Å²) < 4.78 is 7.84. The lowest BCUT2D eigenvalue weighted by molar-refractivity contribution is -0.0230. The highest BCUT2D eigenvalue weighted by atomic mass is 16.6. The zero-order valence-corrected chi connectivity index (χ0v) is 14.0. The van der Waals surface area contributed by atoms with Gasteiger partial charge in [0.1, 0.15) is 5.60 Å². The van der Waals surface area contributed by atoms with Crippen molar-refractivity contribution < 1.29 is 9.53 Å². The number of imidazole rings is 1. The molecule has 1 N–H and O–H groups in total. The van der Waals surface area contributed by atoms with Crippen molar-refractivity contribution >= 4 is 17.1 Å². The number of aromatic nitrogens is 2. The molecule has 1 saturated heterocycles. The number of benzene rings is 1. The fourth-order valence-electron chi connectivity index (χ4n) is 4.79. The lowest BCUT2D eigenvalue weighted by Gasteiger charge is -2.41. The summed E-state index contributed by atoms with van der Waals surface area (Å²) in [5.41, 5.74) is 2.66. The third-order valence-electron chi connectivity index (χ3n) is 6.49. The van der Waals surface area contributed by atoms with Crippen LogP contribution in [0.4, 0.5) is 4.79 Å². The van der Waals surface area contributed by atoms with Crippen molar-refractivity contribution in [2.75, 3.05) is 6.54 Å². The molecule has 2 atom stereocenters. The maximum absolute atomic E-state index is 11.6. The third kappa shape index (κ3) is 2.30. The Balaban J connectivity index is 1.46. The van der Waals surface area contributed by atoms with E-state index in [-0.39, 0.29) is 11.7 Å². The van der Waals surface area contributed by atoms with Crippen LogP contribution in [0.25, 0.3) is 11.0 Å². The summed E-state index contributed by atoms with van der Waals surface area (Å²) in [6.45, 7) is 1.49. The van der Waals surface area contributed by atoms with E-state index in [1.165, 1.54) is 12.8 Å². The minimum Gasteiger partial charge on any atom is -0.441 e. The Morgan fingerprint density at radius 3 is 2.92 bits per heavy atom. The van der Waals surface area contributed by atoms with E-state index in [0.29, 0.717) is 23.4 Å². The number of carbonyl (C=O) groups excluding carboxylic acids is 1. The van der Waals surface area contributed by atoms with Crippen molar-refractivity contribution in [2.24, 2.45) is 11.3 Å². The van der Waals surface area contributed by atoms with Gasteiger partial charge in [-0.1, -0.05) is 0 Å². The zero-order chi connectivity index (χ0) is 17.1. The number of rotatable bonds is 2. The highest BCUT2D eigenvalue weighted by Crippen LogP contribution is 2.62. The average molecular weight is 336 g/mol. The number of hydrogen-bond donors (Lipinski definition) is 1. The van der Waals surface area contributed by atoms with E-state index < -0.39 is 0 Å². The minimum absolute atomic E-state index is 0.280. The fourth-order valence-corrected chi connectivity index (χ4v) is 4.79. The molecule has 25 heavy (non-hydrogen) atoms. The average Bonchev–Trinajstić information content (AvgIpc) is 3.17. The number of nitriles is 1. The van der Waals surface area contributed by atoms with Crippen LogP contribution in [0.15, 0.2) is 24.5 Å². The molecule has 5 rings (SSSR count). The van der Waals surface area contributed by atoms with Crippen molar-refractivity contribution in [1.29, 1.82) is 5.26 Å². The first-order valence-corrected chi connectivity index (χ1v) is 8.93. The second-order valence-electron chi connectivity index (χ2n) is 7.90. The normalized spacial score (nSPS) is 29.6. The molecule has 1 aromatic carbocycles. The van der Waals surface area contributed by atoms with Crippen LogP contribution in [0.2, 0.25) is 0 Å².